The Labute approximate surface area is 106 Å². The summed E-state index contributed by atoms with van der Waals surface area (Å²) in [6.07, 6.45) is 6.57. The number of hydrogen-bond acceptors (Lipinski definition) is 5. The van der Waals surface area contributed by atoms with Gasteiger partial charge in [-0.3, -0.25) is 0 Å². The lowest BCUT2D eigenvalue weighted by Crippen LogP contribution is -2.31. The van der Waals surface area contributed by atoms with Crippen molar-refractivity contribution in [3.8, 4) is 0 Å². The highest BCUT2D eigenvalue weighted by Crippen LogP contribution is 2.33. The van der Waals surface area contributed by atoms with Gasteiger partial charge in [0.2, 0.25) is 5.95 Å². The Hall–Kier alpha value is -1.85. The SMILES string of the molecule is CNc1nc(NC2(C)CCCC2)c2[nH]cnc2n1. The molecule has 0 amide bonds. The van der Waals surface area contributed by atoms with Crippen molar-refractivity contribution in [1.82, 2.24) is 19.9 Å². The van der Waals surface area contributed by atoms with Gasteiger partial charge in [-0.2, -0.15) is 9.97 Å². The van der Waals surface area contributed by atoms with Crippen molar-refractivity contribution in [2.24, 2.45) is 0 Å². The van der Waals surface area contributed by atoms with Crippen molar-refractivity contribution in [2.45, 2.75) is 38.1 Å². The van der Waals surface area contributed by atoms with E-state index in [9.17, 15) is 0 Å². The van der Waals surface area contributed by atoms with Gasteiger partial charge >= 0.3 is 0 Å². The first-order chi connectivity index (χ1) is 8.70. The van der Waals surface area contributed by atoms with Gasteiger partial charge in [0.05, 0.1) is 6.33 Å². The van der Waals surface area contributed by atoms with Crippen molar-refractivity contribution in [1.29, 1.82) is 0 Å². The van der Waals surface area contributed by atoms with E-state index in [1.807, 2.05) is 7.05 Å². The third-order valence-electron chi connectivity index (χ3n) is 3.64. The molecule has 0 bridgehead atoms. The Kier molecular flexibility index (Phi) is 2.57. The molecule has 96 valence electrons. The average molecular weight is 246 g/mol. The molecule has 1 aliphatic rings. The fraction of sp³-hybridized carbons (Fsp3) is 0.583. The molecule has 1 aliphatic carbocycles. The summed E-state index contributed by atoms with van der Waals surface area (Å²) in [5.41, 5.74) is 1.71. The van der Waals surface area contributed by atoms with Crippen molar-refractivity contribution < 1.29 is 0 Å². The van der Waals surface area contributed by atoms with Gasteiger partial charge in [0, 0.05) is 12.6 Å². The zero-order valence-electron chi connectivity index (χ0n) is 10.7. The lowest BCUT2D eigenvalue weighted by Gasteiger charge is -2.26. The fourth-order valence-corrected chi connectivity index (χ4v) is 2.60. The maximum atomic E-state index is 4.50. The molecule has 2 aromatic heterocycles. The fourth-order valence-electron chi connectivity index (χ4n) is 2.60. The van der Waals surface area contributed by atoms with Gasteiger partial charge < -0.3 is 15.6 Å². The topological polar surface area (TPSA) is 78.5 Å². The standard InChI is InChI=1S/C12H18N6/c1-12(5-3-4-6-12)18-10-8-9(15-7-14-8)16-11(13-2)17-10/h7H,3-6H2,1-2H3,(H3,13,14,15,16,17,18). The number of H-pyrrole nitrogens is 1. The highest BCUT2D eigenvalue weighted by atomic mass is 15.2. The molecule has 0 atom stereocenters. The van der Waals surface area contributed by atoms with Gasteiger partial charge in [-0.05, 0) is 19.8 Å². The van der Waals surface area contributed by atoms with Crippen LogP contribution >= 0.6 is 0 Å². The van der Waals surface area contributed by atoms with Crippen LogP contribution in [0.5, 0.6) is 0 Å². The minimum Gasteiger partial charge on any atom is -0.363 e. The minimum absolute atomic E-state index is 0.136. The number of aromatic amines is 1. The molecule has 3 N–H and O–H groups in total. The molecule has 3 rings (SSSR count). The summed E-state index contributed by atoms with van der Waals surface area (Å²) in [5, 5.41) is 6.53. The smallest absolute Gasteiger partial charge is 0.226 e. The van der Waals surface area contributed by atoms with Crippen LogP contribution in [0.1, 0.15) is 32.6 Å². The predicted octanol–water partition coefficient (Wildman–Crippen LogP) is 2.14. The molecule has 0 radical (unpaired) electrons. The summed E-state index contributed by atoms with van der Waals surface area (Å²) >= 11 is 0. The predicted molar refractivity (Wildman–Crippen MR) is 71.7 cm³/mol. The Morgan fingerprint density at radius 1 is 1.28 bits per heavy atom. The number of rotatable bonds is 3. The van der Waals surface area contributed by atoms with Crippen LogP contribution in [0.2, 0.25) is 0 Å². The van der Waals surface area contributed by atoms with E-state index in [1.165, 1.54) is 25.7 Å². The molecule has 6 nitrogen and oxygen atoms in total. The summed E-state index contributed by atoms with van der Waals surface area (Å²) < 4.78 is 0. The summed E-state index contributed by atoms with van der Waals surface area (Å²) in [4.78, 5) is 16.1. The van der Waals surface area contributed by atoms with Gasteiger partial charge in [0.25, 0.3) is 0 Å². The van der Waals surface area contributed by atoms with Crippen LogP contribution in [0, 0.1) is 0 Å². The van der Waals surface area contributed by atoms with E-state index in [0.717, 1.165) is 11.3 Å². The van der Waals surface area contributed by atoms with Gasteiger partial charge in [0.1, 0.15) is 5.52 Å². The second-order valence-corrected chi connectivity index (χ2v) is 5.14. The van der Waals surface area contributed by atoms with E-state index >= 15 is 0 Å². The maximum Gasteiger partial charge on any atom is 0.226 e. The molecular formula is C12H18N6. The van der Waals surface area contributed by atoms with E-state index < -0.39 is 0 Å². The number of fused-ring (bicyclic) bond motifs is 1. The van der Waals surface area contributed by atoms with Crippen molar-refractivity contribution >= 4 is 22.9 Å². The second kappa shape index (κ2) is 4.12. The molecule has 0 saturated heterocycles. The Morgan fingerprint density at radius 2 is 2.06 bits per heavy atom. The minimum atomic E-state index is 0.136. The number of hydrogen-bond donors (Lipinski definition) is 3. The van der Waals surface area contributed by atoms with Crippen LogP contribution in [0.15, 0.2) is 6.33 Å². The molecular weight excluding hydrogens is 228 g/mol. The van der Waals surface area contributed by atoms with Crippen LogP contribution < -0.4 is 10.6 Å². The zero-order valence-corrected chi connectivity index (χ0v) is 10.7. The Morgan fingerprint density at radius 3 is 2.78 bits per heavy atom. The third-order valence-corrected chi connectivity index (χ3v) is 3.64. The first-order valence-corrected chi connectivity index (χ1v) is 6.37. The molecule has 0 aliphatic heterocycles. The van der Waals surface area contributed by atoms with E-state index in [0.29, 0.717) is 11.6 Å². The van der Waals surface area contributed by atoms with Crippen molar-refractivity contribution in [3.05, 3.63) is 6.33 Å². The lowest BCUT2D eigenvalue weighted by atomic mass is 10.0. The first kappa shape index (κ1) is 11.3. The molecule has 18 heavy (non-hydrogen) atoms. The van der Waals surface area contributed by atoms with E-state index in [4.69, 9.17) is 0 Å². The molecule has 1 fully saturated rings. The molecule has 6 heteroatoms. The van der Waals surface area contributed by atoms with E-state index in [2.05, 4.69) is 37.5 Å². The Bertz CT molecular complexity index is 555. The second-order valence-electron chi connectivity index (χ2n) is 5.14. The first-order valence-electron chi connectivity index (χ1n) is 6.37. The molecule has 0 spiro atoms. The third kappa shape index (κ3) is 1.87. The molecule has 2 heterocycles. The van der Waals surface area contributed by atoms with Gasteiger partial charge in [-0.25, -0.2) is 4.98 Å². The summed E-state index contributed by atoms with van der Waals surface area (Å²) in [5.74, 6) is 1.44. The Balaban J connectivity index is 2.01. The van der Waals surface area contributed by atoms with E-state index in [-0.39, 0.29) is 5.54 Å². The van der Waals surface area contributed by atoms with Crippen LogP contribution in [-0.4, -0.2) is 32.5 Å². The number of imidazole rings is 1. The number of nitrogens with zero attached hydrogens (tertiary/aromatic N) is 3. The highest BCUT2D eigenvalue weighted by Gasteiger charge is 2.29. The number of nitrogens with one attached hydrogen (secondary N) is 3. The molecule has 1 saturated carbocycles. The number of anilines is 2. The zero-order chi connectivity index (χ0) is 12.6. The summed E-state index contributed by atoms with van der Waals surface area (Å²) in [7, 11) is 1.81. The summed E-state index contributed by atoms with van der Waals surface area (Å²) in [6.45, 7) is 2.25. The molecule has 2 aromatic rings. The van der Waals surface area contributed by atoms with Gasteiger partial charge in [0.15, 0.2) is 11.5 Å². The highest BCUT2D eigenvalue weighted by molar-refractivity contribution is 5.84. The summed E-state index contributed by atoms with van der Waals surface area (Å²) in [6, 6.07) is 0. The largest absolute Gasteiger partial charge is 0.363 e. The quantitative estimate of drug-likeness (QED) is 0.773. The van der Waals surface area contributed by atoms with Crippen LogP contribution in [0.4, 0.5) is 11.8 Å². The lowest BCUT2D eigenvalue weighted by molar-refractivity contribution is 0.531. The van der Waals surface area contributed by atoms with Crippen LogP contribution in [0.3, 0.4) is 0 Å². The van der Waals surface area contributed by atoms with Crippen LogP contribution in [0.25, 0.3) is 11.2 Å². The molecule has 0 unspecified atom stereocenters. The average Bonchev–Trinajstić information content (AvgIpc) is 2.97. The molecule has 0 aromatic carbocycles. The monoisotopic (exact) mass is 246 g/mol. The van der Waals surface area contributed by atoms with E-state index in [1.54, 1.807) is 6.33 Å². The van der Waals surface area contributed by atoms with Crippen molar-refractivity contribution in [2.75, 3.05) is 17.7 Å². The number of aromatic nitrogens is 4. The maximum absolute atomic E-state index is 4.50. The normalized spacial score (nSPS) is 18.1. The van der Waals surface area contributed by atoms with Crippen molar-refractivity contribution in [3.63, 3.8) is 0 Å². The van der Waals surface area contributed by atoms with Gasteiger partial charge in [-0.15, -0.1) is 0 Å². The van der Waals surface area contributed by atoms with Gasteiger partial charge in [-0.1, -0.05) is 12.8 Å². The van der Waals surface area contributed by atoms with Crippen LogP contribution in [-0.2, 0) is 0 Å².